The molecule has 25 heavy (non-hydrogen) atoms. The number of benzene rings is 1. The van der Waals surface area contributed by atoms with Gasteiger partial charge in [-0.25, -0.2) is 0 Å². The summed E-state index contributed by atoms with van der Waals surface area (Å²) in [5, 5.41) is 12.3. The first-order valence-corrected chi connectivity index (χ1v) is 8.69. The first-order chi connectivity index (χ1) is 12.0. The van der Waals surface area contributed by atoms with Crippen LogP contribution in [0, 0.1) is 17.2 Å². The highest BCUT2D eigenvalue weighted by Crippen LogP contribution is 2.30. The van der Waals surface area contributed by atoms with Gasteiger partial charge in [-0.1, -0.05) is 12.1 Å². The molecular weight excluding hydrogens is 318 g/mol. The van der Waals surface area contributed by atoms with Gasteiger partial charge in [0.05, 0.1) is 19.1 Å². The van der Waals surface area contributed by atoms with Crippen molar-refractivity contribution >= 4 is 11.8 Å². The molecule has 0 aromatic heterocycles. The molecule has 2 aliphatic rings. The first-order valence-electron chi connectivity index (χ1n) is 8.69. The van der Waals surface area contributed by atoms with Gasteiger partial charge in [-0.05, 0) is 43.4 Å². The van der Waals surface area contributed by atoms with Crippen molar-refractivity contribution in [2.24, 2.45) is 5.92 Å². The third-order valence-corrected chi connectivity index (χ3v) is 5.15. The minimum atomic E-state index is -0.733. The van der Waals surface area contributed by atoms with Gasteiger partial charge in [-0.3, -0.25) is 9.59 Å². The van der Waals surface area contributed by atoms with Crippen molar-refractivity contribution in [3.63, 3.8) is 0 Å². The molecule has 0 radical (unpaired) electrons. The highest BCUT2D eigenvalue weighted by atomic mass is 16.5. The Morgan fingerprint density at radius 1 is 1.36 bits per heavy atom. The minimum absolute atomic E-state index is 0.0200. The van der Waals surface area contributed by atoms with E-state index in [9.17, 15) is 14.9 Å². The Bertz CT molecular complexity index is 687. The molecule has 1 saturated carbocycles. The van der Waals surface area contributed by atoms with Gasteiger partial charge in [0, 0.05) is 19.5 Å². The maximum Gasteiger partial charge on any atom is 0.226 e. The average Bonchev–Trinajstić information content (AvgIpc) is 3.23. The zero-order valence-electron chi connectivity index (χ0n) is 14.5. The minimum Gasteiger partial charge on any atom is -0.497 e. The zero-order valence-corrected chi connectivity index (χ0v) is 14.5. The summed E-state index contributed by atoms with van der Waals surface area (Å²) in [5.74, 6) is 0.200. The van der Waals surface area contributed by atoms with Crippen LogP contribution in [0.2, 0.25) is 0 Å². The maximum absolute atomic E-state index is 12.5. The van der Waals surface area contributed by atoms with Gasteiger partial charge < -0.3 is 15.0 Å². The van der Waals surface area contributed by atoms with Crippen molar-refractivity contribution in [3.05, 3.63) is 29.8 Å². The Morgan fingerprint density at radius 3 is 2.64 bits per heavy atom. The van der Waals surface area contributed by atoms with Crippen LogP contribution in [0.3, 0.4) is 0 Å². The molecule has 1 aliphatic heterocycles. The molecule has 1 aliphatic carbocycles. The number of rotatable bonds is 5. The van der Waals surface area contributed by atoms with Crippen LogP contribution >= 0.6 is 0 Å². The molecule has 6 heteroatoms. The largest absolute Gasteiger partial charge is 0.497 e. The van der Waals surface area contributed by atoms with Gasteiger partial charge in [0.25, 0.3) is 0 Å². The summed E-state index contributed by atoms with van der Waals surface area (Å²) in [6.07, 6.45) is 3.53. The summed E-state index contributed by atoms with van der Waals surface area (Å²) in [6, 6.07) is 9.82. The highest BCUT2D eigenvalue weighted by molar-refractivity contribution is 5.89. The van der Waals surface area contributed by atoms with Crippen molar-refractivity contribution in [3.8, 4) is 11.8 Å². The maximum atomic E-state index is 12.5. The Morgan fingerprint density at radius 2 is 2.04 bits per heavy atom. The molecular formula is C19H23N3O3. The first kappa shape index (κ1) is 17.3. The van der Waals surface area contributed by atoms with E-state index in [0.29, 0.717) is 25.9 Å². The molecule has 1 unspecified atom stereocenters. The number of hydrogen-bond donors (Lipinski definition) is 1. The molecule has 132 valence electrons. The molecule has 1 N–H and O–H groups in total. The lowest BCUT2D eigenvalue weighted by Crippen LogP contribution is -2.48. The molecule has 2 amide bonds. The third kappa shape index (κ3) is 3.76. The molecule has 0 spiro atoms. The van der Waals surface area contributed by atoms with E-state index in [1.54, 1.807) is 12.0 Å². The van der Waals surface area contributed by atoms with Crippen LogP contribution in [-0.2, 0) is 16.1 Å². The van der Waals surface area contributed by atoms with Crippen LogP contribution in [0.1, 0.15) is 37.7 Å². The predicted octanol–water partition coefficient (Wildman–Crippen LogP) is 2.00. The van der Waals surface area contributed by atoms with Crippen molar-refractivity contribution in [2.75, 3.05) is 13.7 Å². The van der Waals surface area contributed by atoms with Crippen LogP contribution < -0.4 is 10.1 Å². The lowest BCUT2D eigenvalue weighted by atomic mass is 9.97. The lowest BCUT2D eigenvalue weighted by Gasteiger charge is -2.24. The Hall–Kier alpha value is -2.55. The summed E-state index contributed by atoms with van der Waals surface area (Å²) in [7, 11) is 1.61. The summed E-state index contributed by atoms with van der Waals surface area (Å²) in [6.45, 7) is 0.883. The van der Waals surface area contributed by atoms with E-state index >= 15 is 0 Å². The number of methoxy groups -OCH3 is 1. The van der Waals surface area contributed by atoms with E-state index < -0.39 is 5.54 Å². The summed E-state index contributed by atoms with van der Waals surface area (Å²) in [5.41, 5.74) is 0.267. The number of amides is 2. The lowest BCUT2D eigenvalue weighted by molar-refractivity contribution is -0.129. The Balaban J connectivity index is 1.59. The third-order valence-electron chi connectivity index (χ3n) is 5.15. The van der Waals surface area contributed by atoms with E-state index in [4.69, 9.17) is 4.74 Å². The normalized spacial score (nSPS) is 21.8. The number of carbonyl (C=O) groups is 2. The summed E-state index contributed by atoms with van der Waals surface area (Å²) in [4.78, 5) is 26.5. The second-order valence-electron chi connectivity index (χ2n) is 6.91. The number of nitrogens with zero attached hydrogens (tertiary/aromatic N) is 2. The highest BCUT2D eigenvalue weighted by Gasteiger charge is 2.40. The number of carbonyl (C=O) groups excluding carboxylic acids is 2. The van der Waals surface area contributed by atoms with Gasteiger partial charge in [-0.15, -0.1) is 0 Å². The molecule has 6 nitrogen and oxygen atoms in total. The molecule has 1 saturated heterocycles. The quantitative estimate of drug-likeness (QED) is 0.888. The van der Waals surface area contributed by atoms with Gasteiger partial charge in [-0.2, -0.15) is 5.26 Å². The van der Waals surface area contributed by atoms with E-state index in [1.165, 1.54) is 0 Å². The van der Waals surface area contributed by atoms with Crippen LogP contribution in [0.15, 0.2) is 24.3 Å². The van der Waals surface area contributed by atoms with Crippen molar-refractivity contribution in [1.82, 2.24) is 10.2 Å². The fourth-order valence-corrected chi connectivity index (χ4v) is 3.63. The summed E-state index contributed by atoms with van der Waals surface area (Å²) >= 11 is 0. The van der Waals surface area contributed by atoms with Crippen molar-refractivity contribution < 1.29 is 14.3 Å². The van der Waals surface area contributed by atoms with Gasteiger partial charge in [0.15, 0.2) is 0 Å². The Kier molecular flexibility index (Phi) is 4.93. The number of nitrogens with one attached hydrogen (secondary N) is 1. The molecule has 0 bridgehead atoms. The summed E-state index contributed by atoms with van der Waals surface area (Å²) < 4.78 is 5.13. The predicted molar refractivity (Wildman–Crippen MR) is 91.5 cm³/mol. The van der Waals surface area contributed by atoms with E-state index in [1.807, 2.05) is 24.3 Å². The smallest absolute Gasteiger partial charge is 0.226 e. The number of ether oxygens (including phenoxy) is 1. The fraction of sp³-hybridized carbons (Fsp3) is 0.526. The molecule has 2 fully saturated rings. The van der Waals surface area contributed by atoms with Gasteiger partial charge in [0.1, 0.15) is 11.3 Å². The molecule has 1 atom stereocenters. The van der Waals surface area contributed by atoms with E-state index in [0.717, 1.165) is 24.2 Å². The van der Waals surface area contributed by atoms with E-state index in [2.05, 4.69) is 11.4 Å². The van der Waals surface area contributed by atoms with Gasteiger partial charge in [0.2, 0.25) is 11.8 Å². The SMILES string of the molecule is COc1ccc(CN2CC(C(=O)NC3(C#N)CCCC3)CC2=O)cc1. The number of hydrogen-bond acceptors (Lipinski definition) is 4. The molecule has 3 rings (SSSR count). The van der Waals surface area contributed by atoms with E-state index in [-0.39, 0.29) is 24.2 Å². The average molecular weight is 341 g/mol. The van der Waals surface area contributed by atoms with Crippen LogP contribution in [0.4, 0.5) is 0 Å². The topological polar surface area (TPSA) is 82.4 Å². The molecule has 1 heterocycles. The number of nitriles is 1. The van der Waals surface area contributed by atoms with Gasteiger partial charge >= 0.3 is 0 Å². The van der Waals surface area contributed by atoms with Crippen molar-refractivity contribution in [1.29, 1.82) is 5.26 Å². The second-order valence-corrected chi connectivity index (χ2v) is 6.91. The second kappa shape index (κ2) is 7.14. The standard InChI is InChI=1S/C19H23N3O3/c1-25-16-6-4-14(5-7-16)11-22-12-15(10-17(22)23)18(24)21-19(13-20)8-2-3-9-19/h4-7,15H,2-3,8-12H2,1H3,(H,21,24). The fourth-order valence-electron chi connectivity index (χ4n) is 3.63. The molecule has 1 aromatic rings. The number of likely N-dealkylation sites (tertiary alicyclic amines) is 1. The van der Waals surface area contributed by atoms with Crippen LogP contribution in [0.5, 0.6) is 5.75 Å². The zero-order chi connectivity index (χ0) is 17.9. The Labute approximate surface area is 147 Å². The molecule has 1 aromatic carbocycles. The van der Waals surface area contributed by atoms with Crippen molar-refractivity contribution in [2.45, 2.75) is 44.2 Å². The van der Waals surface area contributed by atoms with Crippen LogP contribution in [0.25, 0.3) is 0 Å². The van der Waals surface area contributed by atoms with Crippen LogP contribution in [-0.4, -0.2) is 35.9 Å². The monoisotopic (exact) mass is 341 g/mol.